The number of nitrogens with zero attached hydrogens (tertiary/aromatic N) is 2. The lowest BCUT2D eigenvalue weighted by atomic mass is 9.91. The standard InChI is InChI=1S/C30H45N3O7S/c1-6-31-41(37,38)26-9-7-8-24(19-26)18-23(4)29-22(3)11-13-27(21(2)10-12-25(34)20-28(35)40-29)39-30(36)33-16-14-32(5)15-17-33/h7-9,11,13,18-19,21-22,25,27,29,31,34H,6,10,12,14-17,20H2,1-5H3/b13-11+,23-18+/t21-,22+,25+,27+,29+/m1/s1. The number of carbonyl (C=O) groups excluding carboxylic acids is 2. The minimum absolute atomic E-state index is 0.0727. The molecule has 2 aliphatic heterocycles. The Morgan fingerprint density at radius 3 is 2.56 bits per heavy atom. The van der Waals surface area contributed by atoms with Gasteiger partial charge in [0.2, 0.25) is 10.0 Å². The quantitative estimate of drug-likeness (QED) is 0.381. The van der Waals surface area contributed by atoms with Crippen LogP contribution in [0.15, 0.2) is 46.9 Å². The molecule has 1 fully saturated rings. The van der Waals surface area contributed by atoms with Crippen molar-refractivity contribution < 1.29 is 32.6 Å². The molecule has 41 heavy (non-hydrogen) atoms. The molecule has 0 aliphatic carbocycles. The van der Waals surface area contributed by atoms with Crippen LogP contribution in [0, 0.1) is 11.8 Å². The molecule has 5 atom stereocenters. The molecule has 1 amide bonds. The first-order valence-electron chi connectivity index (χ1n) is 14.4. The fourth-order valence-corrected chi connectivity index (χ4v) is 6.11. The van der Waals surface area contributed by atoms with Crippen LogP contribution in [0.4, 0.5) is 4.79 Å². The van der Waals surface area contributed by atoms with Crippen LogP contribution in [0.1, 0.15) is 52.5 Å². The summed E-state index contributed by atoms with van der Waals surface area (Å²) in [5.74, 6) is -0.876. The van der Waals surface area contributed by atoms with E-state index in [2.05, 4.69) is 9.62 Å². The molecule has 2 heterocycles. The fourth-order valence-electron chi connectivity index (χ4n) is 5.02. The molecule has 0 unspecified atom stereocenters. The Morgan fingerprint density at radius 2 is 1.88 bits per heavy atom. The minimum atomic E-state index is -3.63. The largest absolute Gasteiger partial charge is 0.457 e. The summed E-state index contributed by atoms with van der Waals surface area (Å²) in [7, 11) is -1.61. The highest BCUT2D eigenvalue weighted by atomic mass is 32.2. The van der Waals surface area contributed by atoms with E-state index in [4.69, 9.17) is 9.47 Å². The van der Waals surface area contributed by atoms with Gasteiger partial charge in [-0.15, -0.1) is 0 Å². The van der Waals surface area contributed by atoms with Gasteiger partial charge in [-0.3, -0.25) is 4.79 Å². The van der Waals surface area contributed by atoms with Crippen molar-refractivity contribution >= 4 is 28.2 Å². The van der Waals surface area contributed by atoms with E-state index in [1.165, 1.54) is 6.07 Å². The van der Waals surface area contributed by atoms with E-state index in [1.54, 1.807) is 36.1 Å². The van der Waals surface area contributed by atoms with Crippen molar-refractivity contribution in [2.24, 2.45) is 11.8 Å². The van der Waals surface area contributed by atoms with Gasteiger partial charge in [0.1, 0.15) is 12.2 Å². The van der Waals surface area contributed by atoms with Gasteiger partial charge >= 0.3 is 12.1 Å². The van der Waals surface area contributed by atoms with Crippen LogP contribution in [0.2, 0.25) is 0 Å². The molecule has 3 rings (SSSR count). The molecular formula is C30H45N3O7S. The van der Waals surface area contributed by atoms with Gasteiger partial charge in [-0.05, 0) is 62.1 Å². The van der Waals surface area contributed by atoms with Crippen molar-refractivity contribution in [2.75, 3.05) is 39.8 Å². The fraction of sp³-hybridized carbons (Fsp3) is 0.600. The Balaban J connectivity index is 1.86. The van der Waals surface area contributed by atoms with Crippen molar-refractivity contribution in [3.63, 3.8) is 0 Å². The Hall–Kier alpha value is -2.73. The Bertz CT molecular complexity index is 1210. The van der Waals surface area contributed by atoms with Gasteiger partial charge in [-0.1, -0.05) is 45.1 Å². The zero-order valence-corrected chi connectivity index (χ0v) is 25.6. The third kappa shape index (κ3) is 9.66. The zero-order chi connectivity index (χ0) is 30.2. The summed E-state index contributed by atoms with van der Waals surface area (Å²) in [4.78, 5) is 29.8. The van der Waals surface area contributed by atoms with Gasteiger partial charge < -0.3 is 24.4 Å². The number of esters is 1. The summed E-state index contributed by atoms with van der Waals surface area (Å²) in [5, 5.41) is 10.5. The summed E-state index contributed by atoms with van der Waals surface area (Å²) in [6, 6.07) is 6.54. The van der Waals surface area contributed by atoms with Gasteiger partial charge in [0.15, 0.2) is 0 Å². The number of aliphatic hydroxyl groups is 1. The third-order valence-electron chi connectivity index (χ3n) is 7.60. The van der Waals surface area contributed by atoms with E-state index in [9.17, 15) is 23.1 Å². The van der Waals surface area contributed by atoms with Gasteiger partial charge in [0, 0.05) is 38.6 Å². The molecule has 1 saturated heterocycles. The Kier molecular flexibility index (Phi) is 12.0. The molecule has 2 aliphatic rings. The summed E-state index contributed by atoms with van der Waals surface area (Å²) in [5.41, 5.74) is 1.35. The van der Waals surface area contributed by atoms with Crippen molar-refractivity contribution in [2.45, 2.75) is 70.2 Å². The number of sulfonamides is 1. The molecule has 0 spiro atoms. The SMILES string of the molecule is CCNS(=O)(=O)c1cccc(/C=C(\C)[C@H]2OC(=O)C[C@@H](O)CC[C@@H](C)[C@@H](OC(=O)N3CCN(C)CC3)/C=C/[C@@H]2C)c1. The number of cyclic esters (lactones) is 1. The molecular weight excluding hydrogens is 546 g/mol. The number of hydrogen-bond donors (Lipinski definition) is 2. The maximum atomic E-state index is 13.0. The van der Waals surface area contributed by atoms with E-state index in [0.29, 0.717) is 37.1 Å². The van der Waals surface area contributed by atoms with E-state index >= 15 is 0 Å². The predicted molar refractivity (Wildman–Crippen MR) is 158 cm³/mol. The van der Waals surface area contributed by atoms with Crippen LogP contribution >= 0.6 is 0 Å². The molecule has 1 aromatic carbocycles. The lowest BCUT2D eigenvalue weighted by Gasteiger charge is -2.33. The maximum absolute atomic E-state index is 13.0. The number of aliphatic hydroxyl groups excluding tert-OH is 1. The monoisotopic (exact) mass is 591 g/mol. The second kappa shape index (κ2) is 14.9. The summed E-state index contributed by atoms with van der Waals surface area (Å²) in [6.45, 7) is 10.5. The summed E-state index contributed by atoms with van der Waals surface area (Å²) in [6.07, 6.45) is 3.93. The van der Waals surface area contributed by atoms with Crippen molar-refractivity contribution in [3.8, 4) is 0 Å². The van der Waals surface area contributed by atoms with E-state index in [-0.39, 0.29) is 35.8 Å². The third-order valence-corrected chi connectivity index (χ3v) is 9.15. The normalized spacial score (nSPS) is 28.2. The van der Waals surface area contributed by atoms with Gasteiger partial charge in [0.05, 0.1) is 17.4 Å². The van der Waals surface area contributed by atoms with Crippen LogP contribution in [0.25, 0.3) is 6.08 Å². The molecule has 11 heteroatoms. The number of hydrogen-bond acceptors (Lipinski definition) is 8. The average molecular weight is 592 g/mol. The molecule has 0 aromatic heterocycles. The number of rotatable bonds is 6. The molecule has 0 radical (unpaired) electrons. The van der Waals surface area contributed by atoms with E-state index < -0.39 is 34.3 Å². The number of benzene rings is 1. The molecule has 1 aromatic rings. The van der Waals surface area contributed by atoms with E-state index in [0.717, 1.165) is 13.1 Å². The van der Waals surface area contributed by atoms with Crippen molar-refractivity contribution in [1.82, 2.24) is 14.5 Å². The van der Waals surface area contributed by atoms with Crippen molar-refractivity contribution in [3.05, 3.63) is 47.6 Å². The van der Waals surface area contributed by atoms with E-state index in [1.807, 2.05) is 40.0 Å². The van der Waals surface area contributed by atoms with Gasteiger partial charge in [0.25, 0.3) is 0 Å². The molecule has 10 nitrogen and oxygen atoms in total. The van der Waals surface area contributed by atoms with Gasteiger partial charge in [-0.25, -0.2) is 17.9 Å². The molecule has 0 bridgehead atoms. The van der Waals surface area contributed by atoms with Crippen molar-refractivity contribution in [1.29, 1.82) is 0 Å². The predicted octanol–water partition coefficient (Wildman–Crippen LogP) is 3.43. The highest BCUT2D eigenvalue weighted by Gasteiger charge is 2.29. The van der Waals surface area contributed by atoms with Gasteiger partial charge in [-0.2, -0.15) is 0 Å². The zero-order valence-electron chi connectivity index (χ0n) is 24.8. The average Bonchev–Trinajstić information content (AvgIpc) is 2.92. The molecule has 2 N–H and O–H groups in total. The summed E-state index contributed by atoms with van der Waals surface area (Å²) >= 11 is 0. The van der Waals surface area contributed by atoms with Crippen LogP contribution < -0.4 is 4.72 Å². The van der Waals surface area contributed by atoms with Crippen LogP contribution in [-0.4, -0.2) is 93.5 Å². The molecule has 0 saturated carbocycles. The maximum Gasteiger partial charge on any atom is 0.410 e. The number of nitrogens with one attached hydrogen (secondary N) is 1. The number of ether oxygens (including phenoxy) is 2. The Labute approximate surface area is 244 Å². The number of piperazine rings is 1. The second-order valence-electron chi connectivity index (χ2n) is 11.2. The first kappa shape index (κ1) is 32.8. The number of carbonyl (C=O) groups is 2. The minimum Gasteiger partial charge on any atom is -0.457 e. The summed E-state index contributed by atoms with van der Waals surface area (Å²) < 4.78 is 39.3. The number of amides is 1. The lowest BCUT2D eigenvalue weighted by Crippen LogP contribution is -2.48. The first-order chi connectivity index (χ1) is 19.4. The highest BCUT2D eigenvalue weighted by molar-refractivity contribution is 7.89. The smallest absolute Gasteiger partial charge is 0.410 e. The lowest BCUT2D eigenvalue weighted by molar-refractivity contribution is -0.151. The highest BCUT2D eigenvalue weighted by Crippen LogP contribution is 2.26. The topological polar surface area (TPSA) is 125 Å². The Morgan fingerprint density at radius 1 is 1.17 bits per heavy atom. The first-order valence-corrected chi connectivity index (χ1v) is 15.9. The van der Waals surface area contributed by atoms with Crippen LogP contribution in [0.3, 0.4) is 0 Å². The van der Waals surface area contributed by atoms with Crippen LogP contribution in [-0.2, 0) is 24.3 Å². The van der Waals surface area contributed by atoms with Crippen LogP contribution in [0.5, 0.6) is 0 Å². The molecule has 228 valence electrons. The number of likely N-dealkylation sites (N-methyl/N-ethyl adjacent to an activating group) is 1. The second-order valence-corrected chi connectivity index (χ2v) is 12.9.